The third-order valence-corrected chi connectivity index (χ3v) is 3.87. The van der Waals surface area contributed by atoms with Crippen molar-refractivity contribution >= 4 is 5.69 Å². The molecule has 1 N–H and O–H groups in total. The summed E-state index contributed by atoms with van der Waals surface area (Å²) in [5.41, 5.74) is 3.29. The SMILES string of the molecule is CCc1ccc(N(C)CC2(CNC)CC2)cc1. The molecule has 0 radical (unpaired) electrons. The van der Waals surface area contributed by atoms with Gasteiger partial charge in [0.15, 0.2) is 0 Å². The molecule has 0 aliphatic heterocycles. The van der Waals surface area contributed by atoms with Gasteiger partial charge in [-0.3, -0.25) is 0 Å². The molecule has 1 aliphatic carbocycles. The van der Waals surface area contributed by atoms with Gasteiger partial charge in [-0.15, -0.1) is 0 Å². The second-order valence-electron chi connectivity index (χ2n) is 5.41. The van der Waals surface area contributed by atoms with Crippen molar-refractivity contribution in [3.63, 3.8) is 0 Å². The lowest BCUT2D eigenvalue weighted by atomic mass is 10.1. The van der Waals surface area contributed by atoms with Crippen LogP contribution in [0.5, 0.6) is 0 Å². The van der Waals surface area contributed by atoms with Gasteiger partial charge in [0, 0.05) is 31.2 Å². The van der Waals surface area contributed by atoms with E-state index in [4.69, 9.17) is 0 Å². The maximum atomic E-state index is 3.32. The maximum Gasteiger partial charge on any atom is 0.0363 e. The summed E-state index contributed by atoms with van der Waals surface area (Å²) in [6.07, 6.45) is 3.85. The van der Waals surface area contributed by atoms with Crippen LogP contribution in [0.3, 0.4) is 0 Å². The van der Waals surface area contributed by atoms with Crippen molar-refractivity contribution in [2.75, 3.05) is 32.1 Å². The van der Waals surface area contributed by atoms with Crippen LogP contribution < -0.4 is 10.2 Å². The smallest absolute Gasteiger partial charge is 0.0363 e. The first-order chi connectivity index (χ1) is 8.19. The van der Waals surface area contributed by atoms with E-state index in [-0.39, 0.29) is 0 Å². The highest BCUT2D eigenvalue weighted by atomic mass is 15.1. The van der Waals surface area contributed by atoms with Gasteiger partial charge in [0.25, 0.3) is 0 Å². The van der Waals surface area contributed by atoms with E-state index in [2.05, 4.69) is 55.5 Å². The second-order valence-corrected chi connectivity index (χ2v) is 5.41. The summed E-state index contributed by atoms with van der Waals surface area (Å²) in [6, 6.07) is 8.97. The Morgan fingerprint density at radius 1 is 1.24 bits per heavy atom. The van der Waals surface area contributed by atoms with Crippen molar-refractivity contribution in [3.05, 3.63) is 29.8 Å². The molecule has 0 unspecified atom stereocenters. The Hall–Kier alpha value is -1.02. The van der Waals surface area contributed by atoms with E-state index < -0.39 is 0 Å². The van der Waals surface area contributed by atoms with Crippen molar-refractivity contribution < 1.29 is 0 Å². The highest BCUT2D eigenvalue weighted by Crippen LogP contribution is 2.45. The summed E-state index contributed by atoms with van der Waals surface area (Å²) in [7, 11) is 4.26. The number of hydrogen-bond donors (Lipinski definition) is 1. The normalized spacial score (nSPS) is 16.9. The molecule has 2 nitrogen and oxygen atoms in total. The van der Waals surface area contributed by atoms with Crippen LogP contribution in [0.2, 0.25) is 0 Å². The highest BCUT2D eigenvalue weighted by molar-refractivity contribution is 5.47. The van der Waals surface area contributed by atoms with Crippen LogP contribution in [-0.2, 0) is 6.42 Å². The quantitative estimate of drug-likeness (QED) is 0.811. The molecule has 0 bridgehead atoms. The van der Waals surface area contributed by atoms with Crippen molar-refractivity contribution in [2.24, 2.45) is 5.41 Å². The lowest BCUT2D eigenvalue weighted by Crippen LogP contribution is -2.32. The van der Waals surface area contributed by atoms with Gasteiger partial charge in [-0.25, -0.2) is 0 Å². The molecule has 1 aliphatic rings. The van der Waals surface area contributed by atoms with Gasteiger partial charge in [0.05, 0.1) is 0 Å². The molecule has 0 aromatic heterocycles. The van der Waals surface area contributed by atoms with Crippen molar-refractivity contribution in [2.45, 2.75) is 26.2 Å². The Balaban J connectivity index is 1.97. The first kappa shape index (κ1) is 12.4. The molecule has 17 heavy (non-hydrogen) atoms. The fourth-order valence-corrected chi connectivity index (χ4v) is 2.52. The van der Waals surface area contributed by atoms with Gasteiger partial charge in [0.1, 0.15) is 0 Å². The minimum absolute atomic E-state index is 0.535. The number of nitrogens with one attached hydrogen (secondary N) is 1. The van der Waals surface area contributed by atoms with E-state index in [0.29, 0.717) is 5.41 Å². The number of benzene rings is 1. The lowest BCUT2D eigenvalue weighted by molar-refractivity contribution is 0.482. The predicted octanol–water partition coefficient (Wildman–Crippen LogP) is 2.68. The van der Waals surface area contributed by atoms with Gasteiger partial charge in [-0.2, -0.15) is 0 Å². The topological polar surface area (TPSA) is 15.3 Å². The zero-order valence-electron chi connectivity index (χ0n) is 11.3. The minimum Gasteiger partial charge on any atom is -0.374 e. The first-order valence-corrected chi connectivity index (χ1v) is 6.64. The summed E-state index contributed by atoms with van der Waals surface area (Å²) < 4.78 is 0. The van der Waals surface area contributed by atoms with Crippen LogP contribution in [0.15, 0.2) is 24.3 Å². The molecule has 2 rings (SSSR count). The third kappa shape index (κ3) is 3.01. The number of rotatable bonds is 6. The summed E-state index contributed by atoms with van der Waals surface area (Å²) >= 11 is 0. The number of anilines is 1. The number of aryl methyl sites for hydroxylation is 1. The molecule has 1 aromatic carbocycles. The molecule has 0 heterocycles. The van der Waals surface area contributed by atoms with Crippen molar-refractivity contribution in [1.29, 1.82) is 0 Å². The summed E-state index contributed by atoms with van der Waals surface area (Å²) in [4.78, 5) is 2.39. The Morgan fingerprint density at radius 2 is 1.88 bits per heavy atom. The average Bonchev–Trinajstić information content (AvgIpc) is 3.09. The molecule has 94 valence electrons. The van der Waals surface area contributed by atoms with Gasteiger partial charge in [-0.1, -0.05) is 19.1 Å². The van der Waals surface area contributed by atoms with Crippen molar-refractivity contribution in [1.82, 2.24) is 5.32 Å². The number of hydrogen-bond acceptors (Lipinski definition) is 2. The monoisotopic (exact) mass is 232 g/mol. The standard InChI is InChI=1S/C15H24N2/c1-4-13-5-7-14(8-6-13)17(3)12-15(9-10-15)11-16-2/h5-8,16H,4,9-12H2,1-3H3. The van der Waals surface area contributed by atoms with Crippen molar-refractivity contribution in [3.8, 4) is 0 Å². The molecule has 0 saturated heterocycles. The Morgan fingerprint density at radius 3 is 2.35 bits per heavy atom. The van der Waals surface area contributed by atoms with Gasteiger partial charge in [-0.05, 0) is 44.0 Å². The third-order valence-electron chi connectivity index (χ3n) is 3.87. The predicted molar refractivity (Wildman–Crippen MR) is 74.7 cm³/mol. The fourth-order valence-electron chi connectivity index (χ4n) is 2.52. The van der Waals surface area contributed by atoms with Crippen LogP contribution in [0.4, 0.5) is 5.69 Å². The Bertz CT molecular complexity index is 352. The molecule has 0 spiro atoms. The largest absolute Gasteiger partial charge is 0.374 e. The van der Waals surface area contributed by atoms with E-state index in [1.807, 2.05) is 0 Å². The first-order valence-electron chi connectivity index (χ1n) is 6.64. The summed E-state index contributed by atoms with van der Waals surface area (Å²) in [6.45, 7) is 4.51. The van der Waals surface area contributed by atoms with Gasteiger partial charge >= 0.3 is 0 Å². The molecular formula is C15H24N2. The van der Waals surface area contributed by atoms with Crippen LogP contribution in [-0.4, -0.2) is 27.2 Å². The second kappa shape index (κ2) is 5.09. The van der Waals surface area contributed by atoms with Gasteiger partial charge in [0.2, 0.25) is 0 Å². The zero-order valence-corrected chi connectivity index (χ0v) is 11.3. The molecule has 1 fully saturated rings. The van der Waals surface area contributed by atoms with E-state index in [1.54, 1.807) is 0 Å². The zero-order chi connectivity index (χ0) is 12.3. The van der Waals surface area contributed by atoms with Crippen LogP contribution in [0.1, 0.15) is 25.3 Å². The van der Waals surface area contributed by atoms with Crippen LogP contribution >= 0.6 is 0 Å². The molecule has 0 amide bonds. The Labute approximate surface area is 105 Å². The van der Waals surface area contributed by atoms with E-state index in [1.165, 1.54) is 30.6 Å². The van der Waals surface area contributed by atoms with E-state index in [9.17, 15) is 0 Å². The Kier molecular flexibility index (Phi) is 3.72. The summed E-state index contributed by atoms with van der Waals surface area (Å²) in [5.74, 6) is 0. The van der Waals surface area contributed by atoms with E-state index in [0.717, 1.165) is 13.0 Å². The maximum absolute atomic E-state index is 3.32. The molecule has 1 saturated carbocycles. The molecular weight excluding hydrogens is 208 g/mol. The van der Waals surface area contributed by atoms with Gasteiger partial charge < -0.3 is 10.2 Å². The van der Waals surface area contributed by atoms with Crippen LogP contribution in [0.25, 0.3) is 0 Å². The van der Waals surface area contributed by atoms with Crippen LogP contribution in [0, 0.1) is 5.41 Å². The fraction of sp³-hybridized carbons (Fsp3) is 0.600. The minimum atomic E-state index is 0.535. The number of nitrogens with zero attached hydrogens (tertiary/aromatic N) is 1. The average molecular weight is 232 g/mol. The molecule has 2 heteroatoms. The van der Waals surface area contributed by atoms with E-state index >= 15 is 0 Å². The molecule has 1 aromatic rings. The summed E-state index contributed by atoms with van der Waals surface area (Å²) in [5, 5.41) is 3.32. The molecule has 0 atom stereocenters. The highest BCUT2D eigenvalue weighted by Gasteiger charge is 2.42. The lowest BCUT2D eigenvalue weighted by Gasteiger charge is -2.25.